The van der Waals surface area contributed by atoms with Crippen molar-refractivity contribution in [3.8, 4) is 11.5 Å². The van der Waals surface area contributed by atoms with Crippen LogP contribution in [-0.2, 0) is 17.8 Å². The van der Waals surface area contributed by atoms with Crippen LogP contribution in [0.4, 0.5) is 8.78 Å². The molecule has 0 spiro atoms. The van der Waals surface area contributed by atoms with Crippen LogP contribution in [0.3, 0.4) is 0 Å². The number of nitrogens with one attached hydrogen (secondary N) is 1. The van der Waals surface area contributed by atoms with E-state index in [1.165, 1.54) is 17.7 Å². The normalized spacial score (nSPS) is 11.1. The third kappa shape index (κ3) is 5.37. The molecule has 0 saturated carbocycles. The number of methoxy groups -OCH3 is 1. The van der Waals surface area contributed by atoms with Crippen molar-refractivity contribution in [2.24, 2.45) is 0 Å². The van der Waals surface area contributed by atoms with Crippen molar-refractivity contribution in [1.82, 2.24) is 9.88 Å². The number of hydrogen-bond acceptors (Lipinski definition) is 5. The number of ether oxygens (including phenoxy) is 2. The highest BCUT2D eigenvalue weighted by molar-refractivity contribution is 5.76. The van der Waals surface area contributed by atoms with Gasteiger partial charge in [0.1, 0.15) is 0 Å². The molecule has 7 nitrogen and oxygen atoms in total. The van der Waals surface area contributed by atoms with E-state index < -0.39 is 12.4 Å². The third-order valence-corrected chi connectivity index (χ3v) is 4.54. The van der Waals surface area contributed by atoms with Crippen LogP contribution in [-0.4, -0.2) is 30.7 Å². The van der Waals surface area contributed by atoms with Crippen molar-refractivity contribution in [2.75, 3.05) is 13.7 Å². The number of aryl methyl sites for hydroxylation is 1. The zero-order chi connectivity index (χ0) is 21.5. The van der Waals surface area contributed by atoms with Crippen molar-refractivity contribution < 1.29 is 27.5 Å². The number of oxazole rings is 1. The Bertz CT molecular complexity index is 1060. The van der Waals surface area contributed by atoms with Gasteiger partial charge in [-0.05, 0) is 42.7 Å². The number of rotatable bonds is 10. The van der Waals surface area contributed by atoms with Gasteiger partial charge in [-0.1, -0.05) is 18.2 Å². The lowest BCUT2D eigenvalue weighted by molar-refractivity contribution is -0.121. The number of para-hydroxylation sites is 2. The fraction of sp³-hybridized carbons (Fsp3) is 0.333. The van der Waals surface area contributed by atoms with Crippen LogP contribution in [0.25, 0.3) is 11.1 Å². The monoisotopic (exact) mass is 420 g/mol. The van der Waals surface area contributed by atoms with Gasteiger partial charge in [0.25, 0.3) is 0 Å². The summed E-state index contributed by atoms with van der Waals surface area (Å²) in [6, 6.07) is 11.8. The number of fused-ring (bicyclic) bond motifs is 1. The SMILES string of the molecule is COc1cc(CCNC(=O)CCCn2c(=O)oc3ccccc32)ccc1OC(F)F. The quantitative estimate of drug-likeness (QED) is 0.544. The molecular formula is C21H22F2N2O5. The van der Waals surface area contributed by atoms with E-state index in [4.69, 9.17) is 9.15 Å². The first-order chi connectivity index (χ1) is 14.5. The Morgan fingerprint density at radius 2 is 2.00 bits per heavy atom. The summed E-state index contributed by atoms with van der Waals surface area (Å²) in [4.78, 5) is 24.0. The minimum atomic E-state index is -2.93. The fourth-order valence-electron chi connectivity index (χ4n) is 3.12. The number of carbonyl (C=O) groups is 1. The van der Waals surface area contributed by atoms with Crippen LogP contribution in [0.1, 0.15) is 18.4 Å². The van der Waals surface area contributed by atoms with Crippen molar-refractivity contribution in [3.63, 3.8) is 0 Å². The predicted molar refractivity (Wildman–Crippen MR) is 106 cm³/mol. The van der Waals surface area contributed by atoms with Gasteiger partial charge in [0.15, 0.2) is 17.1 Å². The molecule has 1 N–H and O–H groups in total. The number of hydrogen-bond donors (Lipinski definition) is 1. The molecule has 3 rings (SSSR count). The zero-order valence-corrected chi connectivity index (χ0v) is 16.4. The van der Waals surface area contributed by atoms with Crippen LogP contribution >= 0.6 is 0 Å². The minimum Gasteiger partial charge on any atom is -0.493 e. The maximum Gasteiger partial charge on any atom is 0.419 e. The lowest BCUT2D eigenvalue weighted by Gasteiger charge is -2.11. The Balaban J connectivity index is 1.45. The first kappa shape index (κ1) is 21.4. The number of carbonyl (C=O) groups excluding carboxylic acids is 1. The first-order valence-corrected chi connectivity index (χ1v) is 9.44. The Kier molecular flexibility index (Phi) is 7.05. The highest BCUT2D eigenvalue weighted by Gasteiger charge is 2.12. The van der Waals surface area contributed by atoms with E-state index in [1.807, 2.05) is 6.07 Å². The van der Waals surface area contributed by atoms with E-state index in [1.54, 1.807) is 30.3 Å². The Hall–Kier alpha value is -3.36. The van der Waals surface area contributed by atoms with E-state index in [2.05, 4.69) is 10.1 Å². The summed E-state index contributed by atoms with van der Waals surface area (Å²) >= 11 is 0. The molecule has 0 atom stereocenters. The van der Waals surface area contributed by atoms with E-state index in [0.717, 1.165) is 5.56 Å². The van der Waals surface area contributed by atoms with Gasteiger partial charge in [-0.15, -0.1) is 0 Å². The number of aromatic nitrogens is 1. The molecule has 1 amide bonds. The van der Waals surface area contributed by atoms with Crippen molar-refractivity contribution in [1.29, 1.82) is 0 Å². The summed E-state index contributed by atoms with van der Waals surface area (Å²) in [7, 11) is 1.37. The molecule has 0 saturated heterocycles. The largest absolute Gasteiger partial charge is 0.493 e. The molecule has 0 aliphatic rings. The van der Waals surface area contributed by atoms with Crippen LogP contribution in [0.5, 0.6) is 11.5 Å². The van der Waals surface area contributed by atoms with Crippen LogP contribution in [0.2, 0.25) is 0 Å². The molecule has 0 unspecified atom stereocenters. The molecule has 0 radical (unpaired) electrons. The summed E-state index contributed by atoms with van der Waals surface area (Å²) in [5.74, 6) is -0.413. The number of benzene rings is 2. The molecular weight excluding hydrogens is 398 g/mol. The molecule has 2 aromatic carbocycles. The Morgan fingerprint density at radius 3 is 2.77 bits per heavy atom. The van der Waals surface area contributed by atoms with Gasteiger partial charge in [-0.25, -0.2) is 4.79 Å². The summed E-state index contributed by atoms with van der Waals surface area (Å²) in [6.07, 6.45) is 1.25. The van der Waals surface area contributed by atoms with Gasteiger partial charge in [0.2, 0.25) is 5.91 Å². The zero-order valence-electron chi connectivity index (χ0n) is 16.4. The molecule has 30 heavy (non-hydrogen) atoms. The van der Waals surface area contributed by atoms with Crippen molar-refractivity contribution >= 4 is 17.0 Å². The molecule has 3 aromatic rings. The van der Waals surface area contributed by atoms with Gasteiger partial charge in [0.05, 0.1) is 12.6 Å². The molecule has 0 bridgehead atoms. The average Bonchev–Trinajstić information content (AvgIpc) is 3.04. The first-order valence-electron chi connectivity index (χ1n) is 9.44. The summed E-state index contributed by atoms with van der Waals surface area (Å²) in [5, 5.41) is 2.81. The maximum absolute atomic E-state index is 12.4. The van der Waals surface area contributed by atoms with Gasteiger partial charge in [-0.2, -0.15) is 8.78 Å². The molecule has 160 valence electrons. The second-order valence-corrected chi connectivity index (χ2v) is 6.55. The number of nitrogens with zero attached hydrogens (tertiary/aromatic N) is 1. The second-order valence-electron chi connectivity index (χ2n) is 6.55. The number of halogens is 2. The van der Waals surface area contributed by atoms with E-state index in [9.17, 15) is 18.4 Å². The van der Waals surface area contributed by atoms with Crippen LogP contribution in [0, 0.1) is 0 Å². The van der Waals surface area contributed by atoms with Gasteiger partial charge in [0, 0.05) is 19.5 Å². The third-order valence-electron chi connectivity index (χ3n) is 4.54. The highest BCUT2D eigenvalue weighted by atomic mass is 19.3. The fourth-order valence-corrected chi connectivity index (χ4v) is 3.12. The maximum atomic E-state index is 12.4. The highest BCUT2D eigenvalue weighted by Crippen LogP contribution is 2.29. The molecule has 0 aliphatic heterocycles. The van der Waals surface area contributed by atoms with E-state index in [-0.39, 0.29) is 23.8 Å². The second kappa shape index (κ2) is 9.91. The van der Waals surface area contributed by atoms with E-state index >= 15 is 0 Å². The standard InChI is InChI=1S/C21H22F2N2O5/c1-28-18-13-14(8-9-17(18)29-20(22)23)10-11-24-19(26)7-4-12-25-15-5-2-3-6-16(15)30-21(25)27/h2-3,5-6,8-9,13,20H,4,7,10-12H2,1H3,(H,24,26). The smallest absolute Gasteiger partial charge is 0.419 e. The van der Waals surface area contributed by atoms with E-state index in [0.29, 0.717) is 37.0 Å². The Labute approximate surface area is 171 Å². The predicted octanol–water partition coefficient (Wildman–Crippen LogP) is 3.34. The lowest BCUT2D eigenvalue weighted by Crippen LogP contribution is -2.26. The van der Waals surface area contributed by atoms with Gasteiger partial charge >= 0.3 is 12.4 Å². The number of alkyl halides is 2. The molecule has 1 heterocycles. The van der Waals surface area contributed by atoms with Crippen LogP contribution < -0.4 is 20.5 Å². The van der Waals surface area contributed by atoms with Gasteiger partial charge in [-0.3, -0.25) is 9.36 Å². The van der Waals surface area contributed by atoms with Gasteiger partial charge < -0.3 is 19.2 Å². The number of amides is 1. The topological polar surface area (TPSA) is 82.7 Å². The molecule has 0 aliphatic carbocycles. The summed E-state index contributed by atoms with van der Waals surface area (Å²) < 4.78 is 40.9. The van der Waals surface area contributed by atoms with Crippen molar-refractivity contribution in [2.45, 2.75) is 32.4 Å². The summed E-state index contributed by atoms with van der Waals surface area (Å²) in [5.41, 5.74) is 2.04. The molecule has 0 fully saturated rings. The Morgan fingerprint density at radius 1 is 1.20 bits per heavy atom. The lowest BCUT2D eigenvalue weighted by atomic mass is 10.1. The van der Waals surface area contributed by atoms with Crippen LogP contribution in [0.15, 0.2) is 51.7 Å². The average molecular weight is 420 g/mol. The molecule has 1 aromatic heterocycles. The molecule has 9 heteroatoms. The minimum absolute atomic E-state index is 0.0395. The summed E-state index contributed by atoms with van der Waals surface area (Å²) in [6.45, 7) is -2.17. The van der Waals surface area contributed by atoms with Crippen molar-refractivity contribution in [3.05, 3.63) is 58.6 Å².